The number of ether oxygens (including phenoxy) is 1. The molecule has 21 heavy (non-hydrogen) atoms. The lowest BCUT2D eigenvalue weighted by molar-refractivity contribution is 0.102. The summed E-state index contributed by atoms with van der Waals surface area (Å²) in [5, 5.41) is 2.94. The second kappa shape index (κ2) is 6.75. The van der Waals surface area contributed by atoms with Crippen LogP contribution < -0.4 is 21.3 Å². The first-order chi connectivity index (χ1) is 10.0. The van der Waals surface area contributed by atoms with Gasteiger partial charge in [0.15, 0.2) is 0 Å². The van der Waals surface area contributed by atoms with E-state index in [0.717, 1.165) is 4.47 Å². The van der Waals surface area contributed by atoms with E-state index in [2.05, 4.69) is 31.7 Å². The smallest absolute Gasteiger partial charge is 0.275 e. The van der Waals surface area contributed by atoms with Crippen LogP contribution in [0.5, 0.6) is 5.75 Å². The van der Waals surface area contributed by atoms with Crippen LogP contribution in [0.4, 0.5) is 11.5 Å². The first-order valence-electron chi connectivity index (χ1n) is 5.83. The lowest BCUT2D eigenvalue weighted by atomic mass is 10.2. The van der Waals surface area contributed by atoms with E-state index in [1.807, 2.05) is 0 Å². The van der Waals surface area contributed by atoms with Crippen LogP contribution in [0.15, 0.2) is 34.8 Å². The number of carbonyl (C=O) groups excluding carboxylic acids is 1. The van der Waals surface area contributed by atoms with Crippen LogP contribution in [0.2, 0.25) is 5.02 Å². The number of nitrogens with one attached hydrogen (secondary N) is 2. The Morgan fingerprint density at radius 1 is 1.38 bits per heavy atom. The second-order valence-corrected chi connectivity index (χ2v) is 5.24. The van der Waals surface area contributed by atoms with Gasteiger partial charge in [-0.1, -0.05) is 11.6 Å². The van der Waals surface area contributed by atoms with Gasteiger partial charge in [0, 0.05) is 5.69 Å². The second-order valence-electron chi connectivity index (χ2n) is 3.97. The number of hydrogen-bond donors (Lipinski definition) is 3. The van der Waals surface area contributed by atoms with Crippen molar-refractivity contribution in [2.75, 3.05) is 17.9 Å². The molecule has 0 fully saturated rings. The van der Waals surface area contributed by atoms with Crippen molar-refractivity contribution in [2.45, 2.75) is 0 Å². The zero-order valence-corrected chi connectivity index (χ0v) is 13.3. The average Bonchev–Trinajstić information content (AvgIpc) is 2.48. The molecule has 0 saturated carbocycles. The first-order valence-corrected chi connectivity index (χ1v) is 7.00. The molecule has 2 rings (SSSR count). The van der Waals surface area contributed by atoms with Crippen molar-refractivity contribution >= 4 is 44.9 Å². The van der Waals surface area contributed by atoms with Crippen molar-refractivity contribution < 1.29 is 9.53 Å². The molecule has 4 N–H and O–H groups in total. The highest BCUT2D eigenvalue weighted by molar-refractivity contribution is 9.10. The Bertz CT molecular complexity index is 681. The molecule has 0 atom stereocenters. The predicted molar refractivity (Wildman–Crippen MR) is 85.7 cm³/mol. The number of halogens is 2. The van der Waals surface area contributed by atoms with E-state index in [4.69, 9.17) is 22.2 Å². The summed E-state index contributed by atoms with van der Waals surface area (Å²) in [7, 11) is 1.56. The molecule has 6 nitrogen and oxygen atoms in total. The van der Waals surface area contributed by atoms with Crippen LogP contribution in [0.3, 0.4) is 0 Å². The highest BCUT2D eigenvalue weighted by atomic mass is 79.9. The number of amides is 1. The van der Waals surface area contributed by atoms with Crippen LogP contribution in [0.1, 0.15) is 10.5 Å². The average molecular weight is 372 g/mol. The molecule has 0 radical (unpaired) electrons. The van der Waals surface area contributed by atoms with Crippen LogP contribution in [-0.2, 0) is 0 Å². The topological polar surface area (TPSA) is 89.3 Å². The molecular weight excluding hydrogens is 360 g/mol. The number of hydrogen-bond acceptors (Lipinski definition) is 5. The summed E-state index contributed by atoms with van der Waals surface area (Å²) >= 11 is 9.32. The number of benzene rings is 1. The summed E-state index contributed by atoms with van der Waals surface area (Å²) in [5.74, 6) is 5.84. The third-order valence-corrected chi connectivity index (χ3v) is 3.54. The Balaban J connectivity index is 2.23. The number of anilines is 2. The fraction of sp³-hybridized carbons (Fsp3) is 0.0769. The monoisotopic (exact) mass is 370 g/mol. The SMILES string of the molecule is COc1ccc(NC(=O)c2nc(NN)ccc2Cl)cc1Br. The van der Waals surface area contributed by atoms with Gasteiger partial charge in [-0.05, 0) is 46.3 Å². The minimum absolute atomic E-state index is 0.0825. The lowest BCUT2D eigenvalue weighted by Crippen LogP contribution is -2.16. The van der Waals surface area contributed by atoms with Crippen LogP contribution in [-0.4, -0.2) is 18.0 Å². The van der Waals surface area contributed by atoms with E-state index >= 15 is 0 Å². The highest BCUT2D eigenvalue weighted by Gasteiger charge is 2.14. The fourth-order valence-electron chi connectivity index (χ4n) is 1.62. The minimum atomic E-state index is -0.436. The van der Waals surface area contributed by atoms with Gasteiger partial charge in [0.05, 0.1) is 16.6 Å². The molecule has 1 aromatic heterocycles. The molecule has 0 aliphatic rings. The van der Waals surface area contributed by atoms with Gasteiger partial charge in [0.2, 0.25) is 0 Å². The third-order valence-electron chi connectivity index (χ3n) is 2.62. The van der Waals surface area contributed by atoms with Crippen LogP contribution in [0.25, 0.3) is 0 Å². The zero-order valence-electron chi connectivity index (χ0n) is 11.0. The van der Waals surface area contributed by atoms with E-state index < -0.39 is 5.91 Å². The van der Waals surface area contributed by atoms with Gasteiger partial charge >= 0.3 is 0 Å². The minimum Gasteiger partial charge on any atom is -0.496 e. The Labute approximate surface area is 134 Å². The maximum Gasteiger partial charge on any atom is 0.275 e. The number of nitrogen functional groups attached to an aromatic ring is 1. The van der Waals surface area contributed by atoms with Crippen LogP contribution in [0, 0.1) is 0 Å². The van der Waals surface area contributed by atoms with Crippen molar-refractivity contribution in [3.8, 4) is 5.75 Å². The van der Waals surface area contributed by atoms with Crippen molar-refractivity contribution in [1.82, 2.24) is 4.98 Å². The lowest BCUT2D eigenvalue weighted by Gasteiger charge is -2.09. The Kier molecular flexibility index (Phi) is 5.00. The van der Waals surface area contributed by atoms with Gasteiger partial charge in [-0.15, -0.1) is 0 Å². The van der Waals surface area contributed by atoms with Gasteiger partial charge < -0.3 is 15.5 Å². The molecule has 0 aliphatic heterocycles. The molecule has 0 aliphatic carbocycles. The van der Waals surface area contributed by atoms with E-state index in [-0.39, 0.29) is 10.7 Å². The molecule has 0 unspecified atom stereocenters. The summed E-state index contributed by atoms with van der Waals surface area (Å²) in [6.45, 7) is 0. The number of aromatic nitrogens is 1. The fourth-order valence-corrected chi connectivity index (χ4v) is 2.35. The molecule has 0 saturated heterocycles. The molecule has 1 amide bonds. The standard InChI is InChI=1S/C13H12BrClN4O2/c1-21-10-4-2-7(6-8(10)14)17-13(20)12-9(15)3-5-11(18-12)19-16/h2-6H,16H2,1H3,(H,17,20)(H,18,19). The van der Waals surface area contributed by atoms with E-state index in [1.165, 1.54) is 0 Å². The van der Waals surface area contributed by atoms with E-state index in [9.17, 15) is 4.79 Å². The third kappa shape index (κ3) is 3.63. The Morgan fingerprint density at radius 2 is 2.14 bits per heavy atom. The van der Waals surface area contributed by atoms with Crippen LogP contribution >= 0.6 is 27.5 Å². The molecule has 0 bridgehead atoms. The van der Waals surface area contributed by atoms with E-state index in [1.54, 1.807) is 37.4 Å². The van der Waals surface area contributed by atoms with Gasteiger partial charge in [-0.25, -0.2) is 10.8 Å². The number of pyridine rings is 1. The zero-order chi connectivity index (χ0) is 15.4. The van der Waals surface area contributed by atoms with Crippen molar-refractivity contribution in [3.05, 3.63) is 45.5 Å². The number of carbonyl (C=O) groups is 1. The number of nitrogens with zero attached hydrogens (tertiary/aromatic N) is 1. The molecule has 2 aromatic rings. The van der Waals surface area contributed by atoms with Crippen molar-refractivity contribution in [2.24, 2.45) is 5.84 Å². The largest absolute Gasteiger partial charge is 0.496 e. The Hall–Kier alpha value is -1.83. The maximum atomic E-state index is 12.2. The summed E-state index contributed by atoms with van der Waals surface area (Å²) in [6.07, 6.45) is 0. The normalized spacial score (nSPS) is 10.1. The molecule has 1 aromatic carbocycles. The van der Waals surface area contributed by atoms with E-state index in [0.29, 0.717) is 17.3 Å². The molecule has 0 spiro atoms. The van der Waals surface area contributed by atoms with Gasteiger partial charge in [0.25, 0.3) is 5.91 Å². The molecule has 1 heterocycles. The van der Waals surface area contributed by atoms with Crippen molar-refractivity contribution in [3.63, 3.8) is 0 Å². The maximum absolute atomic E-state index is 12.2. The van der Waals surface area contributed by atoms with Gasteiger partial charge in [0.1, 0.15) is 17.3 Å². The summed E-state index contributed by atoms with van der Waals surface area (Å²) in [6, 6.07) is 8.27. The molecule has 110 valence electrons. The Morgan fingerprint density at radius 3 is 2.76 bits per heavy atom. The molecular formula is C13H12BrClN4O2. The summed E-state index contributed by atoms with van der Waals surface area (Å²) < 4.78 is 5.85. The van der Waals surface area contributed by atoms with Crippen molar-refractivity contribution in [1.29, 1.82) is 0 Å². The van der Waals surface area contributed by atoms with Gasteiger partial charge in [-0.2, -0.15) is 0 Å². The number of rotatable bonds is 4. The van der Waals surface area contributed by atoms with Gasteiger partial charge in [-0.3, -0.25) is 4.79 Å². The summed E-state index contributed by atoms with van der Waals surface area (Å²) in [4.78, 5) is 16.2. The quantitative estimate of drug-likeness (QED) is 0.568. The molecule has 8 heteroatoms. The highest BCUT2D eigenvalue weighted by Crippen LogP contribution is 2.28. The number of methoxy groups -OCH3 is 1. The summed E-state index contributed by atoms with van der Waals surface area (Å²) in [5.41, 5.74) is 3.03. The number of hydrazine groups is 1. The number of nitrogens with two attached hydrogens (primary N) is 1. The first kappa shape index (κ1) is 15.6. The predicted octanol–water partition coefficient (Wildman–Crippen LogP) is 3.04.